The van der Waals surface area contributed by atoms with E-state index in [2.05, 4.69) is 5.32 Å². The summed E-state index contributed by atoms with van der Waals surface area (Å²) in [5, 5.41) is 3.03. The van der Waals surface area contributed by atoms with E-state index in [0.717, 1.165) is 25.8 Å². The lowest BCUT2D eigenvalue weighted by atomic mass is 10.4. The highest BCUT2D eigenvalue weighted by Crippen LogP contribution is 2.31. The van der Waals surface area contributed by atoms with Crippen molar-refractivity contribution in [2.24, 2.45) is 0 Å². The normalized spacial score (nSPS) is 16.2. The summed E-state index contributed by atoms with van der Waals surface area (Å²) in [6, 6.07) is 3.71. The van der Waals surface area contributed by atoms with Gasteiger partial charge in [-0.1, -0.05) is 0 Å². The Morgan fingerprint density at radius 2 is 2.20 bits per heavy atom. The van der Waals surface area contributed by atoms with Crippen molar-refractivity contribution >= 4 is 10.2 Å². The number of rotatable bonds is 9. The van der Waals surface area contributed by atoms with Crippen molar-refractivity contribution in [3.63, 3.8) is 0 Å². The zero-order valence-corrected chi connectivity index (χ0v) is 12.9. The number of furan rings is 1. The number of nitrogens with one attached hydrogen (secondary N) is 1. The lowest BCUT2D eigenvalue weighted by molar-refractivity contribution is 0.322. The first-order chi connectivity index (χ1) is 9.55. The highest BCUT2D eigenvalue weighted by molar-refractivity contribution is 7.86. The van der Waals surface area contributed by atoms with Gasteiger partial charge in [0.2, 0.25) is 0 Å². The maximum absolute atomic E-state index is 12.6. The summed E-state index contributed by atoms with van der Waals surface area (Å²) >= 11 is 0. The van der Waals surface area contributed by atoms with E-state index in [1.807, 2.05) is 13.1 Å². The van der Waals surface area contributed by atoms with Gasteiger partial charge in [-0.25, -0.2) is 0 Å². The summed E-state index contributed by atoms with van der Waals surface area (Å²) in [5.41, 5.74) is 0. The molecule has 0 saturated heterocycles. The second-order valence-electron chi connectivity index (χ2n) is 5.14. The van der Waals surface area contributed by atoms with Crippen molar-refractivity contribution in [3.8, 4) is 0 Å². The molecule has 0 unspecified atom stereocenters. The van der Waals surface area contributed by atoms with Crippen molar-refractivity contribution in [1.29, 1.82) is 0 Å². The van der Waals surface area contributed by atoms with E-state index >= 15 is 0 Å². The summed E-state index contributed by atoms with van der Waals surface area (Å²) in [5.74, 6) is 0.684. The molecule has 1 fully saturated rings. The van der Waals surface area contributed by atoms with E-state index in [1.54, 1.807) is 23.7 Å². The monoisotopic (exact) mass is 301 g/mol. The Bertz CT molecular complexity index is 497. The maximum Gasteiger partial charge on any atom is 0.282 e. The quantitative estimate of drug-likeness (QED) is 0.692. The molecular weight excluding hydrogens is 278 g/mol. The molecule has 7 heteroatoms. The van der Waals surface area contributed by atoms with Gasteiger partial charge in [-0.3, -0.25) is 0 Å². The SMILES string of the molecule is CNCCCN(C)S(=O)(=O)N(Cc1ccco1)C1CC1. The molecule has 1 N–H and O–H groups in total. The number of nitrogens with zero attached hydrogens (tertiary/aromatic N) is 2. The average Bonchev–Trinajstić information content (AvgIpc) is 3.12. The molecule has 20 heavy (non-hydrogen) atoms. The van der Waals surface area contributed by atoms with Gasteiger partial charge in [0, 0.05) is 19.6 Å². The van der Waals surface area contributed by atoms with Crippen LogP contribution in [0.25, 0.3) is 0 Å². The molecule has 1 aliphatic rings. The van der Waals surface area contributed by atoms with Crippen molar-refractivity contribution < 1.29 is 12.8 Å². The van der Waals surface area contributed by atoms with Crippen LogP contribution in [0.2, 0.25) is 0 Å². The molecule has 1 heterocycles. The summed E-state index contributed by atoms with van der Waals surface area (Å²) < 4.78 is 33.5. The Morgan fingerprint density at radius 1 is 1.45 bits per heavy atom. The lowest BCUT2D eigenvalue weighted by Gasteiger charge is -2.26. The fraction of sp³-hybridized carbons (Fsp3) is 0.692. The topological polar surface area (TPSA) is 65.8 Å². The first-order valence-corrected chi connectivity index (χ1v) is 8.35. The minimum absolute atomic E-state index is 0.122. The minimum atomic E-state index is -3.42. The van der Waals surface area contributed by atoms with Crippen molar-refractivity contribution in [1.82, 2.24) is 13.9 Å². The minimum Gasteiger partial charge on any atom is -0.468 e. The third kappa shape index (κ3) is 3.82. The molecule has 0 radical (unpaired) electrons. The zero-order chi connectivity index (χ0) is 14.6. The fourth-order valence-corrected chi connectivity index (χ4v) is 3.69. The second-order valence-corrected chi connectivity index (χ2v) is 7.13. The molecule has 0 bridgehead atoms. The standard InChI is InChI=1S/C13H23N3O3S/c1-14-8-4-9-15(2)20(17,18)16(12-6-7-12)11-13-5-3-10-19-13/h3,5,10,12,14H,4,6-9,11H2,1-2H3. The molecule has 1 aliphatic carbocycles. The van der Waals surface area contributed by atoms with E-state index in [4.69, 9.17) is 4.42 Å². The fourth-order valence-electron chi connectivity index (χ4n) is 2.09. The van der Waals surface area contributed by atoms with Gasteiger partial charge < -0.3 is 9.73 Å². The highest BCUT2D eigenvalue weighted by Gasteiger charge is 2.39. The van der Waals surface area contributed by atoms with Crippen LogP contribution in [0.3, 0.4) is 0 Å². The van der Waals surface area contributed by atoms with E-state index in [9.17, 15) is 8.42 Å². The summed E-state index contributed by atoms with van der Waals surface area (Å²) in [4.78, 5) is 0. The zero-order valence-electron chi connectivity index (χ0n) is 12.1. The van der Waals surface area contributed by atoms with Gasteiger partial charge in [-0.05, 0) is 45.0 Å². The van der Waals surface area contributed by atoms with Gasteiger partial charge in [0.25, 0.3) is 10.2 Å². The molecule has 0 atom stereocenters. The Labute approximate surface area is 120 Å². The molecular formula is C13H23N3O3S. The van der Waals surface area contributed by atoms with E-state index in [1.165, 1.54) is 4.31 Å². The van der Waals surface area contributed by atoms with E-state index in [-0.39, 0.29) is 6.04 Å². The summed E-state index contributed by atoms with van der Waals surface area (Å²) in [6.45, 7) is 1.64. The Hall–Kier alpha value is -0.890. The van der Waals surface area contributed by atoms with Crippen molar-refractivity contribution in [3.05, 3.63) is 24.2 Å². The molecule has 0 aliphatic heterocycles. The van der Waals surface area contributed by atoms with Gasteiger partial charge in [-0.2, -0.15) is 17.0 Å². The van der Waals surface area contributed by atoms with Gasteiger partial charge >= 0.3 is 0 Å². The van der Waals surface area contributed by atoms with Gasteiger partial charge in [-0.15, -0.1) is 0 Å². The molecule has 114 valence electrons. The van der Waals surface area contributed by atoms with E-state index in [0.29, 0.717) is 18.8 Å². The molecule has 1 saturated carbocycles. The summed E-state index contributed by atoms with van der Waals surface area (Å²) in [7, 11) is 0.0889. The Kier molecular flexibility index (Phi) is 5.20. The molecule has 0 amide bonds. The van der Waals surface area contributed by atoms with Crippen LogP contribution in [0.1, 0.15) is 25.0 Å². The molecule has 1 aromatic heterocycles. The summed E-state index contributed by atoms with van der Waals surface area (Å²) in [6.07, 6.45) is 4.24. The predicted octanol–water partition coefficient (Wildman–Crippen LogP) is 1.03. The molecule has 1 aromatic rings. The number of hydrogen-bond acceptors (Lipinski definition) is 4. The van der Waals surface area contributed by atoms with Crippen molar-refractivity contribution in [2.75, 3.05) is 27.2 Å². The van der Waals surface area contributed by atoms with Crippen LogP contribution in [-0.2, 0) is 16.8 Å². The maximum atomic E-state index is 12.6. The highest BCUT2D eigenvalue weighted by atomic mass is 32.2. The molecule has 6 nitrogen and oxygen atoms in total. The Balaban J connectivity index is 2.03. The van der Waals surface area contributed by atoms with Crippen LogP contribution in [0.15, 0.2) is 22.8 Å². The third-order valence-electron chi connectivity index (χ3n) is 3.44. The predicted molar refractivity (Wildman–Crippen MR) is 77.4 cm³/mol. The van der Waals surface area contributed by atoms with E-state index < -0.39 is 10.2 Å². The molecule has 0 spiro atoms. The average molecular weight is 301 g/mol. The molecule has 2 rings (SSSR count). The van der Waals surface area contributed by atoms with Crippen LogP contribution in [-0.4, -0.2) is 50.3 Å². The lowest BCUT2D eigenvalue weighted by Crippen LogP contribution is -2.43. The smallest absolute Gasteiger partial charge is 0.282 e. The Morgan fingerprint density at radius 3 is 2.75 bits per heavy atom. The van der Waals surface area contributed by atoms with Crippen LogP contribution in [0.4, 0.5) is 0 Å². The van der Waals surface area contributed by atoms with Crippen LogP contribution >= 0.6 is 0 Å². The van der Waals surface area contributed by atoms with Gasteiger partial charge in [0.15, 0.2) is 0 Å². The van der Waals surface area contributed by atoms with Crippen molar-refractivity contribution in [2.45, 2.75) is 31.8 Å². The van der Waals surface area contributed by atoms with Gasteiger partial charge in [0.05, 0.1) is 12.8 Å². The van der Waals surface area contributed by atoms with Crippen LogP contribution in [0.5, 0.6) is 0 Å². The first kappa shape index (κ1) is 15.5. The van der Waals surface area contributed by atoms with Crippen LogP contribution in [0, 0.1) is 0 Å². The number of hydrogen-bond donors (Lipinski definition) is 1. The largest absolute Gasteiger partial charge is 0.468 e. The van der Waals surface area contributed by atoms with Gasteiger partial charge in [0.1, 0.15) is 5.76 Å². The first-order valence-electron chi connectivity index (χ1n) is 6.96. The van der Waals surface area contributed by atoms with Crippen LogP contribution < -0.4 is 5.32 Å². The molecule has 0 aromatic carbocycles. The second kappa shape index (κ2) is 6.71. The third-order valence-corrected chi connectivity index (χ3v) is 5.43.